The van der Waals surface area contributed by atoms with Gasteiger partial charge in [0.2, 0.25) is 27.7 Å². The predicted molar refractivity (Wildman–Crippen MR) is 189 cm³/mol. The highest BCUT2D eigenvalue weighted by atomic mass is 32.2. The van der Waals surface area contributed by atoms with Crippen molar-refractivity contribution in [2.45, 2.75) is 127 Å². The second-order valence-electron chi connectivity index (χ2n) is 15.3. The number of amides is 3. The highest BCUT2D eigenvalue weighted by Gasteiger charge is 2.62. The summed E-state index contributed by atoms with van der Waals surface area (Å²) in [5, 5.41) is 2.28. The number of para-hydroxylation sites is 2. The third-order valence-corrected chi connectivity index (χ3v) is 11.8. The number of ether oxygens (including phenoxy) is 2. The molecule has 2 aromatic rings. The summed E-state index contributed by atoms with van der Waals surface area (Å²) in [6.45, 7) is 7.29. The largest absolute Gasteiger partial charge is 0.471 e. The quantitative estimate of drug-likeness (QED) is 0.301. The van der Waals surface area contributed by atoms with Crippen LogP contribution in [-0.2, 0) is 40.4 Å². The van der Waals surface area contributed by atoms with Crippen molar-refractivity contribution < 1.29 is 37.1 Å². The number of sulfonamides is 1. The number of nitrogens with zero attached hydrogens (tertiary/aromatic N) is 3. The maximum atomic E-state index is 14.5. The summed E-state index contributed by atoms with van der Waals surface area (Å²) in [6.07, 6.45) is 8.36. The second kappa shape index (κ2) is 14.5. The lowest BCUT2D eigenvalue weighted by Crippen LogP contribution is -2.57. The van der Waals surface area contributed by atoms with E-state index in [2.05, 4.69) is 10.0 Å². The first-order valence-electron chi connectivity index (χ1n) is 18.2. The zero-order valence-electron chi connectivity index (χ0n) is 29.9. The van der Waals surface area contributed by atoms with Gasteiger partial charge in [0, 0.05) is 18.3 Å². The molecule has 1 aromatic carbocycles. The van der Waals surface area contributed by atoms with E-state index in [1.807, 2.05) is 43.3 Å². The molecular formula is C37H49N5O8S. The van der Waals surface area contributed by atoms with Crippen LogP contribution in [0.1, 0.15) is 97.6 Å². The number of benzene rings is 1. The average molecular weight is 724 g/mol. The van der Waals surface area contributed by atoms with Crippen molar-refractivity contribution in [3.05, 3.63) is 42.1 Å². The minimum atomic E-state index is -3.87. The molecule has 5 atom stereocenters. The fourth-order valence-electron chi connectivity index (χ4n) is 7.07. The van der Waals surface area contributed by atoms with Gasteiger partial charge in [-0.15, -0.1) is 0 Å². The normalized spacial score (nSPS) is 28.0. The van der Waals surface area contributed by atoms with Gasteiger partial charge in [0.1, 0.15) is 29.0 Å². The molecule has 276 valence electrons. The maximum Gasteiger partial charge on any atom is 0.307 e. The van der Waals surface area contributed by atoms with Gasteiger partial charge in [-0.3, -0.25) is 23.9 Å². The number of esters is 1. The van der Waals surface area contributed by atoms with Gasteiger partial charge in [-0.1, -0.05) is 44.1 Å². The third kappa shape index (κ3) is 8.53. The monoisotopic (exact) mass is 723 g/mol. The molecule has 13 nitrogen and oxygen atoms in total. The molecule has 51 heavy (non-hydrogen) atoms. The first kappa shape index (κ1) is 36.7. The van der Waals surface area contributed by atoms with E-state index in [1.165, 1.54) is 4.90 Å². The van der Waals surface area contributed by atoms with E-state index >= 15 is 0 Å². The number of rotatable bonds is 8. The fraction of sp³-hybridized carbons (Fsp3) is 0.622. The Morgan fingerprint density at radius 2 is 1.78 bits per heavy atom. The molecule has 0 radical (unpaired) electrons. The Bertz CT molecular complexity index is 1820. The molecule has 2 aliphatic carbocycles. The van der Waals surface area contributed by atoms with Crippen molar-refractivity contribution in [1.82, 2.24) is 24.9 Å². The average Bonchev–Trinajstić information content (AvgIpc) is 3.99. The summed E-state index contributed by atoms with van der Waals surface area (Å²) >= 11 is 0. The highest BCUT2D eigenvalue weighted by Crippen LogP contribution is 2.46. The van der Waals surface area contributed by atoms with Crippen LogP contribution in [0.2, 0.25) is 0 Å². The zero-order chi connectivity index (χ0) is 36.6. The minimum absolute atomic E-state index is 0.0397. The lowest BCUT2D eigenvalue weighted by atomic mass is 9.95. The van der Waals surface area contributed by atoms with Crippen molar-refractivity contribution in [3.63, 3.8) is 0 Å². The molecule has 2 saturated carbocycles. The van der Waals surface area contributed by atoms with Crippen LogP contribution in [0.25, 0.3) is 11.0 Å². The fourth-order valence-corrected chi connectivity index (χ4v) is 8.43. The van der Waals surface area contributed by atoms with Gasteiger partial charge >= 0.3 is 5.97 Å². The maximum absolute atomic E-state index is 14.5. The molecule has 1 saturated heterocycles. The third-order valence-electron chi connectivity index (χ3n) is 10.0. The zero-order valence-corrected chi connectivity index (χ0v) is 30.7. The van der Waals surface area contributed by atoms with Crippen molar-refractivity contribution >= 4 is 44.7 Å². The molecule has 2 N–H and O–H groups in total. The van der Waals surface area contributed by atoms with Gasteiger partial charge in [-0.25, -0.2) is 18.4 Å². The smallest absolute Gasteiger partial charge is 0.307 e. The van der Waals surface area contributed by atoms with Gasteiger partial charge in [-0.2, -0.15) is 0 Å². The number of hydrogen-bond acceptors (Lipinski definition) is 10. The molecule has 1 aromatic heterocycles. The van der Waals surface area contributed by atoms with Crippen LogP contribution in [0, 0.1) is 11.8 Å². The number of hydrogen-bond donors (Lipinski definition) is 2. The highest BCUT2D eigenvalue weighted by molar-refractivity contribution is 7.91. The van der Waals surface area contributed by atoms with E-state index in [0.717, 1.165) is 24.8 Å². The summed E-state index contributed by atoms with van der Waals surface area (Å²) in [4.78, 5) is 66.4. The Morgan fingerprint density at radius 1 is 1.06 bits per heavy atom. The Labute approximate surface area is 299 Å². The van der Waals surface area contributed by atoms with Gasteiger partial charge in [0.25, 0.3) is 5.91 Å². The first-order chi connectivity index (χ1) is 24.2. The van der Waals surface area contributed by atoms with Crippen LogP contribution in [0.3, 0.4) is 0 Å². The molecule has 6 rings (SSSR count). The minimum Gasteiger partial charge on any atom is -0.471 e. The molecule has 3 fully saturated rings. The molecule has 2 aliphatic heterocycles. The van der Waals surface area contributed by atoms with E-state index in [1.54, 1.807) is 20.8 Å². The van der Waals surface area contributed by atoms with Gasteiger partial charge in [-0.05, 0) is 77.8 Å². The lowest BCUT2D eigenvalue weighted by molar-refractivity contribution is -0.159. The Hall–Kier alpha value is -4.07. The topological polar surface area (TPSA) is 174 Å². The summed E-state index contributed by atoms with van der Waals surface area (Å²) in [7, 11) is -3.87. The molecule has 0 unspecified atom stereocenters. The van der Waals surface area contributed by atoms with Gasteiger partial charge in [0.15, 0.2) is 0 Å². The van der Waals surface area contributed by atoms with Crippen molar-refractivity contribution in [1.29, 1.82) is 0 Å². The van der Waals surface area contributed by atoms with Crippen LogP contribution in [0.4, 0.5) is 0 Å². The predicted octanol–water partition coefficient (Wildman–Crippen LogP) is 3.89. The summed E-state index contributed by atoms with van der Waals surface area (Å²) in [5.74, 6) is -3.06. The van der Waals surface area contributed by atoms with Crippen molar-refractivity contribution in [2.75, 3.05) is 6.54 Å². The van der Waals surface area contributed by atoms with Gasteiger partial charge < -0.3 is 19.7 Å². The molecular weight excluding hydrogens is 675 g/mol. The van der Waals surface area contributed by atoms with Crippen LogP contribution in [0.15, 0.2) is 36.4 Å². The van der Waals surface area contributed by atoms with Crippen molar-refractivity contribution in [3.8, 4) is 5.88 Å². The van der Waals surface area contributed by atoms with Crippen LogP contribution in [-0.4, -0.2) is 82.1 Å². The Kier molecular flexibility index (Phi) is 10.4. The van der Waals surface area contributed by atoms with E-state index in [4.69, 9.17) is 19.4 Å². The van der Waals surface area contributed by atoms with E-state index in [-0.39, 0.29) is 31.7 Å². The summed E-state index contributed by atoms with van der Waals surface area (Å²) in [5.41, 5.74) is -0.205. The van der Waals surface area contributed by atoms with Crippen LogP contribution < -0.4 is 14.8 Å². The van der Waals surface area contributed by atoms with E-state index in [0.29, 0.717) is 49.2 Å². The Balaban J connectivity index is 1.31. The molecule has 3 amide bonds. The molecule has 4 aliphatic rings. The number of aromatic nitrogens is 2. The number of fused-ring (bicyclic) bond motifs is 3. The number of carbonyl (C=O) groups excluding carboxylic acids is 4. The number of nitrogens with one attached hydrogen (secondary N) is 2. The first-order valence-corrected chi connectivity index (χ1v) is 19.7. The summed E-state index contributed by atoms with van der Waals surface area (Å²) in [6, 6.07) is 6.39. The second-order valence-corrected chi connectivity index (χ2v) is 17.3. The molecule has 3 heterocycles. The number of allylic oxidation sites excluding steroid dienone is 1. The summed E-state index contributed by atoms with van der Waals surface area (Å²) < 4.78 is 39.8. The standard InChI is InChI=1S/C37H49N5O8S/c1-5-27-33(39-29-16-12-11-15-28(29)38-27)49-25-20-30-32(44)40-37(35(46)41-51(47,48)26-17-18-26)21-24(37)14-10-8-6-7-9-13-23(34(45)42(30)22-25)19-31(43)50-36(2,3)4/h10-12,14-16,23-26,30H,5-9,13,17-22H2,1-4H3,(H,40,44)(H,41,46)/b14-10-/t23-,24-,25-,30+,37-/m1/s1. The Morgan fingerprint density at radius 3 is 2.47 bits per heavy atom. The molecule has 0 bridgehead atoms. The van der Waals surface area contributed by atoms with E-state index in [9.17, 15) is 27.6 Å². The van der Waals surface area contributed by atoms with Gasteiger partial charge in [0.05, 0.1) is 29.2 Å². The number of carbonyl (C=O) groups is 4. The number of aryl methyl sites for hydroxylation is 1. The lowest BCUT2D eigenvalue weighted by Gasteiger charge is -2.30. The molecule has 0 spiro atoms. The van der Waals surface area contributed by atoms with Crippen LogP contribution >= 0.6 is 0 Å². The van der Waals surface area contributed by atoms with Crippen LogP contribution in [0.5, 0.6) is 5.88 Å². The SMILES string of the molecule is CCc1nc2ccccc2nc1O[C@@H]1C[C@H]2C(=O)N[C@]3(C(=O)NS(=O)(=O)C4CC4)C[C@H]3/C=C\CCCCC[C@H](CC(=O)OC(C)(C)C)C(=O)N2C1. The van der Waals surface area contributed by atoms with E-state index < -0.39 is 68.2 Å². The van der Waals surface area contributed by atoms with Crippen molar-refractivity contribution in [2.24, 2.45) is 11.8 Å². The molecule has 14 heteroatoms.